The highest BCUT2D eigenvalue weighted by Crippen LogP contribution is 2.41. The molecule has 0 saturated heterocycles. The summed E-state index contributed by atoms with van der Waals surface area (Å²) in [5.74, 6) is 1.89. The molecule has 4 nitrogen and oxygen atoms in total. The lowest BCUT2D eigenvalue weighted by Crippen LogP contribution is -2.00. The second kappa shape index (κ2) is 12.8. The summed E-state index contributed by atoms with van der Waals surface area (Å²) in [4.78, 5) is 20.3. The molecule has 0 saturated carbocycles. The zero-order valence-electron chi connectivity index (χ0n) is 29.5. The minimum atomic E-state index is 0.623. The summed E-state index contributed by atoms with van der Waals surface area (Å²) >= 11 is 1.81. The van der Waals surface area contributed by atoms with E-state index in [1.165, 1.54) is 47.3 Å². The first-order chi connectivity index (χ1) is 27.2. The van der Waals surface area contributed by atoms with Gasteiger partial charge in [0.15, 0.2) is 17.5 Å². The van der Waals surface area contributed by atoms with E-state index in [0.717, 1.165) is 44.4 Å². The fraction of sp³-hybridized carbons (Fsp3) is 0. The van der Waals surface area contributed by atoms with Crippen molar-refractivity contribution in [3.63, 3.8) is 0 Å². The van der Waals surface area contributed by atoms with Crippen LogP contribution >= 0.6 is 11.3 Å². The van der Waals surface area contributed by atoms with E-state index in [4.69, 9.17) is 19.9 Å². The lowest BCUT2D eigenvalue weighted by atomic mass is 9.97. The average Bonchev–Trinajstić information content (AvgIpc) is 3.65. The predicted molar refractivity (Wildman–Crippen MR) is 230 cm³/mol. The van der Waals surface area contributed by atoms with Gasteiger partial charge in [-0.05, 0) is 44.8 Å². The Kier molecular flexibility index (Phi) is 7.32. The van der Waals surface area contributed by atoms with Gasteiger partial charge < -0.3 is 0 Å². The van der Waals surface area contributed by atoms with Crippen molar-refractivity contribution in [1.82, 2.24) is 19.9 Å². The van der Waals surface area contributed by atoms with Gasteiger partial charge >= 0.3 is 0 Å². The maximum absolute atomic E-state index is 5.30. The van der Waals surface area contributed by atoms with Gasteiger partial charge in [0.25, 0.3) is 0 Å². The summed E-state index contributed by atoms with van der Waals surface area (Å²) in [6.45, 7) is 0. The Balaban J connectivity index is 0.976. The van der Waals surface area contributed by atoms with Crippen LogP contribution in [0.4, 0.5) is 0 Å². The van der Waals surface area contributed by atoms with Crippen LogP contribution in [0.5, 0.6) is 0 Å². The number of pyridine rings is 1. The van der Waals surface area contributed by atoms with Crippen LogP contribution in [0.15, 0.2) is 182 Å². The van der Waals surface area contributed by atoms with E-state index in [1.54, 1.807) is 0 Å². The summed E-state index contributed by atoms with van der Waals surface area (Å²) in [7, 11) is 0. The van der Waals surface area contributed by atoms with Gasteiger partial charge in [-0.1, -0.05) is 170 Å². The van der Waals surface area contributed by atoms with E-state index < -0.39 is 0 Å². The van der Waals surface area contributed by atoms with E-state index in [1.807, 2.05) is 41.7 Å². The minimum absolute atomic E-state index is 0.623. The molecular weight excluding hydrogens is 689 g/mol. The first-order valence-electron chi connectivity index (χ1n) is 18.4. The zero-order chi connectivity index (χ0) is 36.3. The highest BCUT2D eigenvalue weighted by Gasteiger charge is 2.17. The lowest BCUT2D eigenvalue weighted by Gasteiger charge is -2.11. The van der Waals surface area contributed by atoms with E-state index >= 15 is 0 Å². The number of hydrogen-bond acceptors (Lipinski definition) is 5. The molecule has 3 heterocycles. The Labute approximate surface area is 321 Å². The molecule has 0 fully saturated rings. The fourth-order valence-corrected chi connectivity index (χ4v) is 8.92. The molecule has 0 aliphatic rings. The van der Waals surface area contributed by atoms with Crippen molar-refractivity contribution in [2.45, 2.75) is 0 Å². The van der Waals surface area contributed by atoms with Crippen LogP contribution in [0.25, 0.3) is 109 Å². The van der Waals surface area contributed by atoms with Gasteiger partial charge in [0.2, 0.25) is 0 Å². The maximum Gasteiger partial charge on any atom is 0.164 e. The highest BCUT2D eigenvalue weighted by atomic mass is 32.1. The second-order valence-corrected chi connectivity index (χ2v) is 14.9. The van der Waals surface area contributed by atoms with E-state index in [0.29, 0.717) is 17.5 Å². The Morgan fingerprint density at radius 2 is 0.818 bits per heavy atom. The summed E-state index contributed by atoms with van der Waals surface area (Å²) in [5.41, 5.74) is 8.17. The molecule has 11 aromatic rings. The number of fused-ring (bicyclic) bond motifs is 8. The molecular formula is C50H30N4S. The first-order valence-corrected chi connectivity index (χ1v) is 19.2. The average molecular weight is 719 g/mol. The monoisotopic (exact) mass is 718 g/mol. The van der Waals surface area contributed by atoms with Crippen LogP contribution in [0, 0.1) is 0 Å². The normalized spacial score (nSPS) is 11.6. The lowest BCUT2D eigenvalue weighted by molar-refractivity contribution is 1.07. The molecule has 8 aromatic carbocycles. The van der Waals surface area contributed by atoms with Crippen molar-refractivity contribution >= 4 is 64.0 Å². The van der Waals surface area contributed by atoms with Crippen LogP contribution in [0.3, 0.4) is 0 Å². The van der Waals surface area contributed by atoms with Crippen LogP contribution in [0.1, 0.15) is 0 Å². The number of aromatic nitrogens is 4. The quantitative estimate of drug-likeness (QED) is 0.166. The zero-order valence-corrected chi connectivity index (χ0v) is 30.3. The van der Waals surface area contributed by atoms with Crippen LogP contribution < -0.4 is 0 Å². The van der Waals surface area contributed by atoms with Crippen molar-refractivity contribution in [2.24, 2.45) is 0 Å². The Morgan fingerprint density at radius 3 is 1.55 bits per heavy atom. The fourth-order valence-electron chi connectivity index (χ4n) is 7.74. The van der Waals surface area contributed by atoms with Crippen LogP contribution in [0.2, 0.25) is 0 Å². The van der Waals surface area contributed by atoms with Gasteiger partial charge in [-0.2, -0.15) is 0 Å². The SMILES string of the molecule is c1ccc(-c2nc(-c3ccc(-c4ccc5c(ccc6ccccc65)c4)cc3)nc(-c3ccc(-c4nc5c6ccccc6sc5c5ccccc45)cc3)n2)cc1. The molecule has 11 rings (SSSR count). The molecule has 0 aliphatic heterocycles. The number of benzene rings is 8. The summed E-state index contributed by atoms with van der Waals surface area (Å²) in [6.07, 6.45) is 0. The number of thiophene rings is 1. The Morgan fingerprint density at radius 1 is 0.309 bits per heavy atom. The maximum atomic E-state index is 5.30. The molecule has 3 aromatic heterocycles. The second-order valence-electron chi connectivity index (χ2n) is 13.8. The van der Waals surface area contributed by atoms with Crippen molar-refractivity contribution in [3.8, 4) is 56.5 Å². The van der Waals surface area contributed by atoms with Crippen molar-refractivity contribution in [2.75, 3.05) is 0 Å². The van der Waals surface area contributed by atoms with Crippen molar-refractivity contribution in [1.29, 1.82) is 0 Å². The third-order valence-electron chi connectivity index (χ3n) is 10.5. The molecule has 0 spiro atoms. The van der Waals surface area contributed by atoms with Crippen LogP contribution in [-0.4, -0.2) is 19.9 Å². The molecule has 0 radical (unpaired) electrons. The molecule has 256 valence electrons. The van der Waals surface area contributed by atoms with E-state index in [2.05, 4.69) is 152 Å². The third kappa shape index (κ3) is 5.44. The van der Waals surface area contributed by atoms with Gasteiger partial charge in [-0.3, -0.25) is 0 Å². The summed E-state index contributed by atoms with van der Waals surface area (Å²) in [5, 5.41) is 8.58. The smallest absolute Gasteiger partial charge is 0.164 e. The molecule has 0 amide bonds. The standard InChI is InChI=1S/C50H30N4S/c1-2-11-34(12-3-1)48-52-49(35-23-18-31(19-24-35)37-28-29-40-38(30-37)27-20-32-10-4-5-13-39(32)40)54-50(53-48)36-25-21-33(22-26-36)45-41-14-6-7-15-42(41)47-46(51-45)43-16-8-9-17-44(43)55-47/h1-30H. The van der Waals surface area contributed by atoms with E-state index in [9.17, 15) is 0 Å². The van der Waals surface area contributed by atoms with Gasteiger partial charge in [0, 0.05) is 43.1 Å². The van der Waals surface area contributed by atoms with Crippen molar-refractivity contribution in [3.05, 3.63) is 182 Å². The summed E-state index contributed by atoms with van der Waals surface area (Å²) < 4.78 is 2.47. The van der Waals surface area contributed by atoms with Crippen LogP contribution in [-0.2, 0) is 0 Å². The van der Waals surface area contributed by atoms with Gasteiger partial charge in [0.1, 0.15) is 0 Å². The Bertz CT molecular complexity index is 3240. The third-order valence-corrected chi connectivity index (χ3v) is 11.7. The number of hydrogen-bond donors (Lipinski definition) is 0. The summed E-state index contributed by atoms with van der Waals surface area (Å²) in [6, 6.07) is 63.9. The molecule has 0 bridgehead atoms. The first kappa shape index (κ1) is 31.4. The Hall–Kier alpha value is -7.08. The van der Waals surface area contributed by atoms with E-state index in [-0.39, 0.29) is 0 Å². The molecule has 5 heteroatoms. The predicted octanol–water partition coefficient (Wildman–Crippen LogP) is 13.4. The minimum Gasteiger partial charge on any atom is -0.246 e. The van der Waals surface area contributed by atoms with Gasteiger partial charge in [0.05, 0.1) is 15.9 Å². The number of nitrogens with zero attached hydrogens (tertiary/aromatic N) is 4. The molecule has 0 aliphatic carbocycles. The van der Waals surface area contributed by atoms with Gasteiger partial charge in [-0.25, -0.2) is 19.9 Å². The largest absolute Gasteiger partial charge is 0.246 e. The van der Waals surface area contributed by atoms with Gasteiger partial charge in [-0.15, -0.1) is 11.3 Å². The topological polar surface area (TPSA) is 51.6 Å². The number of rotatable bonds is 5. The van der Waals surface area contributed by atoms with Crippen molar-refractivity contribution < 1.29 is 0 Å². The highest BCUT2D eigenvalue weighted by molar-refractivity contribution is 7.26. The molecule has 0 N–H and O–H groups in total. The molecule has 0 atom stereocenters. The molecule has 0 unspecified atom stereocenters. The molecule has 55 heavy (non-hydrogen) atoms.